The van der Waals surface area contributed by atoms with Gasteiger partial charge in [0.15, 0.2) is 0 Å². The minimum Gasteiger partial charge on any atom is -0.358 e. The maximum absolute atomic E-state index is 11.9. The number of carbonyl (C=O) groups is 1. The van der Waals surface area contributed by atoms with Gasteiger partial charge in [0.1, 0.15) is 0 Å². The number of rotatable bonds is 4. The van der Waals surface area contributed by atoms with Gasteiger partial charge in [-0.3, -0.25) is 9.69 Å². The second kappa shape index (κ2) is 6.50. The summed E-state index contributed by atoms with van der Waals surface area (Å²) in [5.74, 6) is 0.0908. The van der Waals surface area contributed by atoms with E-state index in [1.807, 2.05) is 12.1 Å². The summed E-state index contributed by atoms with van der Waals surface area (Å²) in [7, 11) is 1.69. The molecule has 2 rings (SSSR count). The third kappa shape index (κ3) is 3.16. The molecule has 0 aliphatic carbocycles. The summed E-state index contributed by atoms with van der Waals surface area (Å²) >= 11 is 3.44. The Bertz CT molecular complexity index is 435. The van der Waals surface area contributed by atoms with Gasteiger partial charge in [0, 0.05) is 24.1 Å². The largest absolute Gasteiger partial charge is 0.358 e. The standard InChI is InChI=1S/C14H20BrN3O/c1-17-14(19)12-3-2-8-18(12)13(9-16)10-4-6-11(15)7-5-10/h4-7,12-13H,2-3,8-9,16H2,1H3,(H,17,19). The zero-order valence-electron chi connectivity index (χ0n) is 11.1. The van der Waals surface area contributed by atoms with E-state index in [-0.39, 0.29) is 18.0 Å². The molecule has 1 aromatic rings. The van der Waals surface area contributed by atoms with Crippen molar-refractivity contribution in [2.45, 2.75) is 24.9 Å². The molecule has 0 spiro atoms. The van der Waals surface area contributed by atoms with E-state index in [1.54, 1.807) is 7.05 Å². The van der Waals surface area contributed by atoms with Gasteiger partial charge >= 0.3 is 0 Å². The van der Waals surface area contributed by atoms with Crippen LogP contribution in [0.4, 0.5) is 0 Å². The molecule has 0 saturated carbocycles. The highest BCUT2D eigenvalue weighted by molar-refractivity contribution is 9.10. The molecule has 0 aromatic heterocycles. The second-order valence-electron chi connectivity index (χ2n) is 4.81. The van der Waals surface area contributed by atoms with E-state index < -0.39 is 0 Å². The van der Waals surface area contributed by atoms with Crippen LogP contribution < -0.4 is 11.1 Å². The maximum Gasteiger partial charge on any atom is 0.237 e. The normalized spacial score (nSPS) is 21.3. The molecule has 3 N–H and O–H groups in total. The Labute approximate surface area is 122 Å². The fraction of sp³-hybridized carbons (Fsp3) is 0.500. The molecular formula is C14H20BrN3O. The molecule has 1 amide bonds. The number of halogens is 1. The molecule has 1 aliphatic heterocycles. The Kier molecular flexibility index (Phi) is 4.96. The van der Waals surface area contributed by atoms with Crippen molar-refractivity contribution in [3.63, 3.8) is 0 Å². The molecular weight excluding hydrogens is 306 g/mol. The lowest BCUT2D eigenvalue weighted by Crippen LogP contribution is -2.45. The molecule has 1 heterocycles. The Hall–Kier alpha value is -0.910. The average Bonchev–Trinajstić information content (AvgIpc) is 2.90. The molecule has 2 unspecified atom stereocenters. The van der Waals surface area contributed by atoms with Crippen LogP contribution in [0.5, 0.6) is 0 Å². The smallest absolute Gasteiger partial charge is 0.237 e. The van der Waals surface area contributed by atoms with Gasteiger partial charge in [-0.15, -0.1) is 0 Å². The molecule has 5 heteroatoms. The first kappa shape index (κ1) is 14.5. The highest BCUT2D eigenvalue weighted by Gasteiger charge is 2.34. The van der Waals surface area contributed by atoms with E-state index in [2.05, 4.69) is 38.3 Å². The fourth-order valence-corrected chi connectivity index (χ4v) is 3.02. The summed E-state index contributed by atoms with van der Waals surface area (Å²) in [6.45, 7) is 1.45. The van der Waals surface area contributed by atoms with Crippen molar-refractivity contribution < 1.29 is 4.79 Å². The molecule has 0 radical (unpaired) electrons. The lowest BCUT2D eigenvalue weighted by Gasteiger charge is -2.31. The Morgan fingerprint density at radius 2 is 2.21 bits per heavy atom. The Balaban J connectivity index is 2.21. The first-order valence-electron chi connectivity index (χ1n) is 6.60. The van der Waals surface area contributed by atoms with Crippen LogP contribution in [0, 0.1) is 0 Å². The number of nitrogens with zero attached hydrogens (tertiary/aromatic N) is 1. The van der Waals surface area contributed by atoms with Gasteiger partial charge in [0.25, 0.3) is 0 Å². The molecule has 0 bridgehead atoms. The minimum absolute atomic E-state index is 0.0535. The van der Waals surface area contributed by atoms with Crippen LogP contribution in [0.15, 0.2) is 28.7 Å². The van der Waals surface area contributed by atoms with Crippen molar-refractivity contribution in [3.05, 3.63) is 34.3 Å². The number of nitrogens with two attached hydrogens (primary N) is 1. The van der Waals surface area contributed by atoms with Crippen molar-refractivity contribution in [3.8, 4) is 0 Å². The highest BCUT2D eigenvalue weighted by atomic mass is 79.9. The molecule has 19 heavy (non-hydrogen) atoms. The average molecular weight is 326 g/mol. The summed E-state index contributed by atoms with van der Waals surface area (Å²) in [6.07, 6.45) is 1.96. The zero-order chi connectivity index (χ0) is 13.8. The van der Waals surface area contributed by atoms with E-state index in [9.17, 15) is 4.79 Å². The summed E-state index contributed by atoms with van der Waals surface area (Å²) in [5.41, 5.74) is 7.11. The predicted molar refractivity (Wildman–Crippen MR) is 79.7 cm³/mol. The number of hydrogen-bond acceptors (Lipinski definition) is 3. The summed E-state index contributed by atoms with van der Waals surface area (Å²) in [5, 5.41) is 2.75. The molecule has 1 aromatic carbocycles. The molecule has 1 fully saturated rings. The minimum atomic E-state index is -0.0535. The van der Waals surface area contributed by atoms with Crippen LogP contribution >= 0.6 is 15.9 Å². The van der Waals surface area contributed by atoms with Crippen LogP contribution in [0.2, 0.25) is 0 Å². The van der Waals surface area contributed by atoms with Crippen molar-refractivity contribution in [1.29, 1.82) is 0 Å². The summed E-state index contributed by atoms with van der Waals surface area (Å²) in [6, 6.07) is 8.23. The zero-order valence-corrected chi connectivity index (χ0v) is 12.7. The van der Waals surface area contributed by atoms with Crippen molar-refractivity contribution >= 4 is 21.8 Å². The first-order chi connectivity index (χ1) is 9.17. The number of benzene rings is 1. The quantitative estimate of drug-likeness (QED) is 0.885. The van der Waals surface area contributed by atoms with Crippen molar-refractivity contribution in [1.82, 2.24) is 10.2 Å². The van der Waals surface area contributed by atoms with Crippen LogP contribution in [0.1, 0.15) is 24.4 Å². The van der Waals surface area contributed by atoms with Crippen LogP contribution in [-0.2, 0) is 4.79 Å². The van der Waals surface area contributed by atoms with E-state index in [4.69, 9.17) is 5.73 Å². The van der Waals surface area contributed by atoms with E-state index in [0.717, 1.165) is 23.9 Å². The topological polar surface area (TPSA) is 58.4 Å². The Morgan fingerprint density at radius 3 is 2.79 bits per heavy atom. The molecule has 2 atom stereocenters. The van der Waals surface area contributed by atoms with Crippen molar-refractivity contribution in [2.75, 3.05) is 20.1 Å². The monoisotopic (exact) mass is 325 g/mol. The van der Waals surface area contributed by atoms with Gasteiger partial charge in [-0.05, 0) is 37.1 Å². The third-order valence-corrected chi connectivity index (χ3v) is 4.25. The van der Waals surface area contributed by atoms with Gasteiger partial charge in [-0.2, -0.15) is 0 Å². The third-order valence-electron chi connectivity index (χ3n) is 3.72. The van der Waals surface area contributed by atoms with Crippen LogP contribution in [0.25, 0.3) is 0 Å². The molecule has 104 valence electrons. The SMILES string of the molecule is CNC(=O)C1CCCN1C(CN)c1ccc(Br)cc1. The number of likely N-dealkylation sites (N-methyl/N-ethyl adjacent to an activating group) is 1. The first-order valence-corrected chi connectivity index (χ1v) is 7.39. The van der Waals surface area contributed by atoms with Gasteiger partial charge in [0.2, 0.25) is 5.91 Å². The number of amides is 1. The lowest BCUT2D eigenvalue weighted by atomic mass is 10.0. The van der Waals surface area contributed by atoms with E-state index in [0.29, 0.717) is 6.54 Å². The Morgan fingerprint density at radius 1 is 1.53 bits per heavy atom. The second-order valence-corrected chi connectivity index (χ2v) is 5.73. The number of hydrogen-bond donors (Lipinski definition) is 2. The number of nitrogens with one attached hydrogen (secondary N) is 1. The molecule has 4 nitrogen and oxygen atoms in total. The number of carbonyl (C=O) groups excluding carboxylic acids is 1. The predicted octanol–water partition coefficient (Wildman–Crippen LogP) is 1.66. The van der Waals surface area contributed by atoms with Gasteiger partial charge < -0.3 is 11.1 Å². The van der Waals surface area contributed by atoms with Gasteiger partial charge in [0.05, 0.1) is 6.04 Å². The maximum atomic E-state index is 11.9. The lowest BCUT2D eigenvalue weighted by molar-refractivity contribution is -0.125. The van der Waals surface area contributed by atoms with Crippen LogP contribution in [0.3, 0.4) is 0 Å². The van der Waals surface area contributed by atoms with Crippen LogP contribution in [-0.4, -0.2) is 37.0 Å². The fourth-order valence-electron chi connectivity index (χ4n) is 2.76. The van der Waals surface area contributed by atoms with Gasteiger partial charge in [-0.1, -0.05) is 28.1 Å². The van der Waals surface area contributed by atoms with E-state index >= 15 is 0 Å². The molecule has 1 saturated heterocycles. The van der Waals surface area contributed by atoms with Crippen molar-refractivity contribution in [2.24, 2.45) is 5.73 Å². The molecule has 1 aliphatic rings. The summed E-state index contributed by atoms with van der Waals surface area (Å²) < 4.78 is 1.05. The van der Waals surface area contributed by atoms with E-state index in [1.165, 1.54) is 5.56 Å². The van der Waals surface area contributed by atoms with Gasteiger partial charge in [-0.25, -0.2) is 0 Å². The highest BCUT2D eigenvalue weighted by Crippen LogP contribution is 2.29. The number of likely N-dealkylation sites (tertiary alicyclic amines) is 1. The summed E-state index contributed by atoms with van der Waals surface area (Å²) in [4.78, 5) is 14.2.